The van der Waals surface area contributed by atoms with Gasteiger partial charge < -0.3 is 4.57 Å². The lowest BCUT2D eigenvalue weighted by molar-refractivity contribution is 0.0951. The highest BCUT2D eigenvalue weighted by Crippen LogP contribution is 2.21. The van der Waals surface area contributed by atoms with Gasteiger partial charge in [0.25, 0.3) is 11.5 Å². The third-order valence-corrected chi connectivity index (χ3v) is 3.46. The van der Waals surface area contributed by atoms with Gasteiger partial charge in [-0.3, -0.25) is 15.0 Å². The van der Waals surface area contributed by atoms with Gasteiger partial charge in [0.2, 0.25) is 0 Å². The van der Waals surface area contributed by atoms with Crippen molar-refractivity contribution >= 4 is 5.91 Å². The molecule has 0 spiro atoms. The Morgan fingerprint density at radius 2 is 2.28 bits per heavy atom. The first-order chi connectivity index (χ1) is 8.69. The molecule has 0 aliphatic heterocycles. The van der Waals surface area contributed by atoms with E-state index in [4.69, 9.17) is 5.84 Å². The van der Waals surface area contributed by atoms with Crippen LogP contribution in [0.5, 0.6) is 0 Å². The molecule has 0 aromatic carbocycles. The molecule has 1 amide bonds. The van der Waals surface area contributed by atoms with Crippen molar-refractivity contribution in [2.24, 2.45) is 5.84 Å². The molecule has 5 heteroatoms. The molecule has 1 heterocycles. The number of nitrogen functional groups attached to an aromatic ring is 1. The van der Waals surface area contributed by atoms with E-state index in [0.29, 0.717) is 6.54 Å². The lowest BCUT2D eigenvalue weighted by atomic mass is 10.1. The van der Waals surface area contributed by atoms with Crippen molar-refractivity contribution in [2.45, 2.75) is 45.6 Å². The van der Waals surface area contributed by atoms with Crippen LogP contribution in [0.25, 0.3) is 0 Å². The Hall–Kier alpha value is -1.62. The van der Waals surface area contributed by atoms with Crippen LogP contribution in [-0.4, -0.2) is 10.5 Å². The lowest BCUT2D eigenvalue weighted by Gasteiger charge is -2.13. The predicted octanol–water partition coefficient (Wildman–Crippen LogP) is 0.741. The molecule has 0 atom stereocenters. The molecule has 0 fully saturated rings. The summed E-state index contributed by atoms with van der Waals surface area (Å²) in [5, 5.41) is 0. The zero-order valence-corrected chi connectivity index (χ0v) is 10.7. The van der Waals surface area contributed by atoms with Crippen molar-refractivity contribution in [3.8, 4) is 0 Å². The molecule has 0 saturated heterocycles. The molecular weight excluding hydrogens is 230 g/mol. The van der Waals surface area contributed by atoms with Gasteiger partial charge in [0.15, 0.2) is 0 Å². The quantitative estimate of drug-likeness (QED) is 0.469. The fourth-order valence-electron chi connectivity index (χ4n) is 2.51. The number of hydrogen-bond acceptors (Lipinski definition) is 3. The number of carbonyl (C=O) groups excluding carboxylic acids is 1. The summed E-state index contributed by atoms with van der Waals surface area (Å²) >= 11 is 0. The maximum atomic E-state index is 12.3. The number of fused-ring (bicyclic) bond motifs is 1. The second kappa shape index (κ2) is 5.35. The first kappa shape index (κ1) is 12.8. The number of nitrogens with zero attached hydrogens (tertiary/aromatic N) is 1. The molecule has 3 N–H and O–H groups in total. The average molecular weight is 249 g/mol. The molecule has 1 aliphatic rings. The van der Waals surface area contributed by atoms with Crippen molar-refractivity contribution in [3.63, 3.8) is 0 Å². The summed E-state index contributed by atoms with van der Waals surface area (Å²) in [7, 11) is 0. The summed E-state index contributed by atoms with van der Waals surface area (Å²) in [6.45, 7) is 2.77. The number of hydrogen-bond donors (Lipinski definition) is 2. The number of aromatic nitrogens is 1. The van der Waals surface area contributed by atoms with Gasteiger partial charge in [-0.15, -0.1) is 0 Å². The molecule has 1 aliphatic carbocycles. The van der Waals surface area contributed by atoms with Crippen LogP contribution in [0.15, 0.2) is 10.9 Å². The Morgan fingerprint density at radius 3 is 2.94 bits per heavy atom. The minimum atomic E-state index is -0.500. The molecule has 0 radical (unpaired) electrons. The van der Waals surface area contributed by atoms with Crippen molar-refractivity contribution < 1.29 is 4.79 Å². The number of rotatable bonds is 4. The molecule has 18 heavy (non-hydrogen) atoms. The first-order valence-corrected chi connectivity index (χ1v) is 6.45. The van der Waals surface area contributed by atoms with E-state index in [1.54, 1.807) is 10.6 Å². The molecule has 2 rings (SSSR count). The monoisotopic (exact) mass is 249 g/mol. The van der Waals surface area contributed by atoms with Gasteiger partial charge >= 0.3 is 0 Å². The van der Waals surface area contributed by atoms with Crippen LogP contribution in [0, 0.1) is 0 Å². The van der Waals surface area contributed by atoms with Crippen LogP contribution in [0.3, 0.4) is 0 Å². The van der Waals surface area contributed by atoms with E-state index in [1.165, 1.54) is 0 Å². The van der Waals surface area contributed by atoms with E-state index in [9.17, 15) is 9.59 Å². The topological polar surface area (TPSA) is 77.1 Å². The van der Waals surface area contributed by atoms with E-state index in [1.807, 2.05) is 5.43 Å². The average Bonchev–Trinajstić information content (AvgIpc) is 2.84. The number of hydrazine groups is 1. The van der Waals surface area contributed by atoms with Gasteiger partial charge in [0.05, 0.1) is 0 Å². The van der Waals surface area contributed by atoms with Gasteiger partial charge in [-0.05, 0) is 37.3 Å². The molecule has 0 unspecified atom stereocenters. The Labute approximate surface area is 106 Å². The van der Waals surface area contributed by atoms with E-state index < -0.39 is 5.91 Å². The zero-order chi connectivity index (χ0) is 13.1. The highest BCUT2D eigenvalue weighted by molar-refractivity contribution is 5.93. The van der Waals surface area contributed by atoms with Crippen molar-refractivity contribution in [1.29, 1.82) is 0 Å². The van der Waals surface area contributed by atoms with Gasteiger partial charge in [0, 0.05) is 12.2 Å². The van der Waals surface area contributed by atoms with Gasteiger partial charge in [-0.25, -0.2) is 5.84 Å². The Balaban J connectivity index is 2.52. The summed E-state index contributed by atoms with van der Waals surface area (Å²) < 4.78 is 1.76. The van der Waals surface area contributed by atoms with E-state index in [0.717, 1.165) is 43.4 Å². The number of carbonyl (C=O) groups is 1. The molecule has 1 aromatic rings. The maximum Gasteiger partial charge on any atom is 0.270 e. The molecule has 1 aromatic heterocycles. The van der Waals surface area contributed by atoms with Gasteiger partial charge in [0.1, 0.15) is 5.56 Å². The SMILES string of the molecule is CCCCn1c2c(cc(C(=O)NN)c1=O)CCC2. The van der Waals surface area contributed by atoms with E-state index in [2.05, 4.69) is 6.92 Å². The molecule has 98 valence electrons. The highest BCUT2D eigenvalue weighted by Gasteiger charge is 2.21. The number of amides is 1. The van der Waals surface area contributed by atoms with E-state index in [-0.39, 0.29) is 11.1 Å². The highest BCUT2D eigenvalue weighted by atomic mass is 16.2. The molecular formula is C13H19N3O2. The summed E-state index contributed by atoms with van der Waals surface area (Å²) in [5.74, 6) is 4.62. The number of nitrogens with two attached hydrogens (primary N) is 1. The zero-order valence-electron chi connectivity index (χ0n) is 10.7. The molecule has 0 bridgehead atoms. The van der Waals surface area contributed by atoms with E-state index >= 15 is 0 Å². The lowest BCUT2D eigenvalue weighted by Crippen LogP contribution is -2.37. The second-order valence-electron chi connectivity index (χ2n) is 4.67. The minimum absolute atomic E-state index is 0.161. The maximum absolute atomic E-state index is 12.3. The third kappa shape index (κ3) is 2.18. The summed E-state index contributed by atoms with van der Waals surface area (Å²) in [6, 6.07) is 1.70. The number of pyridine rings is 1. The van der Waals surface area contributed by atoms with Crippen molar-refractivity contribution in [1.82, 2.24) is 9.99 Å². The number of nitrogens with one attached hydrogen (secondary N) is 1. The largest absolute Gasteiger partial charge is 0.312 e. The standard InChI is InChI=1S/C13H19N3O2/c1-2-3-7-16-11-6-4-5-9(11)8-10(13(16)18)12(17)15-14/h8H,2-7,14H2,1H3,(H,15,17). The van der Waals surface area contributed by atoms with Crippen molar-refractivity contribution in [3.05, 3.63) is 33.2 Å². The number of aryl methyl sites for hydroxylation is 1. The van der Waals surface area contributed by atoms with Crippen LogP contribution < -0.4 is 16.8 Å². The Bertz CT molecular complexity index is 520. The number of unbranched alkanes of at least 4 members (excludes halogenated alkanes) is 1. The predicted molar refractivity (Wildman–Crippen MR) is 69.3 cm³/mol. The van der Waals surface area contributed by atoms with Gasteiger partial charge in [-0.1, -0.05) is 13.3 Å². The minimum Gasteiger partial charge on any atom is -0.312 e. The van der Waals surface area contributed by atoms with Crippen LogP contribution in [0.2, 0.25) is 0 Å². The smallest absolute Gasteiger partial charge is 0.270 e. The van der Waals surface area contributed by atoms with Crippen molar-refractivity contribution in [2.75, 3.05) is 0 Å². The van der Waals surface area contributed by atoms with Crippen LogP contribution in [-0.2, 0) is 19.4 Å². The van der Waals surface area contributed by atoms with Gasteiger partial charge in [-0.2, -0.15) is 0 Å². The van der Waals surface area contributed by atoms with Crippen LogP contribution >= 0.6 is 0 Å². The summed E-state index contributed by atoms with van der Waals surface area (Å²) in [5.41, 5.74) is 4.20. The molecule has 0 saturated carbocycles. The Kier molecular flexibility index (Phi) is 3.81. The fourth-order valence-corrected chi connectivity index (χ4v) is 2.51. The Morgan fingerprint density at radius 1 is 1.50 bits per heavy atom. The normalized spacial score (nSPS) is 13.4. The van der Waals surface area contributed by atoms with Crippen LogP contribution in [0.4, 0.5) is 0 Å². The summed E-state index contributed by atoms with van der Waals surface area (Å²) in [4.78, 5) is 23.9. The summed E-state index contributed by atoms with van der Waals surface area (Å²) in [6.07, 6.45) is 4.88. The van der Waals surface area contributed by atoms with Crippen LogP contribution in [0.1, 0.15) is 47.8 Å². The second-order valence-corrected chi connectivity index (χ2v) is 4.67. The first-order valence-electron chi connectivity index (χ1n) is 6.45. The third-order valence-electron chi connectivity index (χ3n) is 3.46. The fraction of sp³-hybridized carbons (Fsp3) is 0.538. The molecule has 5 nitrogen and oxygen atoms in total.